The van der Waals surface area contributed by atoms with Gasteiger partial charge in [0.15, 0.2) is 17.2 Å². The smallest absolute Gasteiger partial charge is 0.503 e. The van der Waals surface area contributed by atoms with Gasteiger partial charge in [-0.2, -0.15) is 0 Å². The predicted octanol–water partition coefficient (Wildman–Crippen LogP) is 2.21. The van der Waals surface area contributed by atoms with E-state index in [1.165, 1.54) is 0 Å². The number of aromatic hydroxyl groups is 1. The predicted molar refractivity (Wildman–Crippen MR) is 53.5 cm³/mol. The molecule has 0 aromatic carbocycles. The number of rotatable bonds is 3. The summed E-state index contributed by atoms with van der Waals surface area (Å²) in [5, 5.41) is 9.27. The lowest BCUT2D eigenvalue weighted by Crippen LogP contribution is -2.19. The van der Waals surface area contributed by atoms with E-state index in [1.54, 1.807) is 0 Å². The van der Waals surface area contributed by atoms with E-state index in [2.05, 4.69) is 14.5 Å². The molecule has 1 aromatic rings. The lowest BCUT2D eigenvalue weighted by molar-refractivity contribution is -0.275. The average molecular weight is 286 g/mol. The van der Waals surface area contributed by atoms with Crippen LogP contribution < -0.4 is 4.74 Å². The van der Waals surface area contributed by atoms with Crippen molar-refractivity contribution in [3.05, 3.63) is 17.5 Å². The molecule has 0 aliphatic carbocycles. The second kappa shape index (κ2) is 5.30. The Morgan fingerprint density at radius 1 is 1.56 bits per heavy atom. The van der Waals surface area contributed by atoms with Gasteiger partial charge in [-0.05, 0) is 0 Å². The summed E-state index contributed by atoms with van der Waals surface area (Å²) in [6, 6.07) is 0. The molecule has 0 atom stereocenters. The highest BCUT2D eigenvalue weighted by Crippen LogP contribution is 2.36. The number of aromatic nitrogens is 1. The number of carbonyl (C=O) groups is 1. The van der Waals surface area contributed by atoms with E-state index < -0.39 is 41.0 Å². The standard InChI is InChI=1S/C9H7ClF3NO4/c1-17-8(16)6-4(2-10)7(5(15)3-14-6)18-9(11,12)13/h3,15H,2H2,1H3. The molecule has 9 heteroatoms. The molecular weight excluding hydrogens is 279 g/mol. The molecule has 1 N–H and O–H groups in total. The Kier molecular flexibility index (Phi) is 4.23. The van der Waals surface area contributed by atoms with Crippen molar-refractivity contribution in [2.45, 2.75) is 12.2 Å². The van der Waals surface area contributed by atoms with Gasteiger partial charge in [0, 0.05) is 5.56 Å². The zero-order chi connectivity index (χ0) is 13.9. The Balaban J connectivity index is 3.35. The van der Waals surface area contributed by atoms with Gasteiger partial charge >= 0.3 is 12.3 Å². The van der Waals surface area contributed by atoms with Crippen LogP contribution >= 0.6 is 11.6 Å². The molecule has 0 unspecified atom stereocenters. The molecular formula is C9H7ClF3NO4. The molecule has 1 heterocycles. The van der Waals surface area contributed by atoms with Crippen LogP contribution in [0, 0.1) is 0 Å². The maximum atomic E-state index is 12.1. The highest BCUT2D eigenvalue weighted by Gasteiger charge is 2.35. The fourth-order valence-corrected chi connectivity index (χ4v) is 1.40. The first-order valence-corrected chi connectivity index (χ1v) is 4.94. The molecule has 100 valence electrons. The number of pyridine rings is 1. The molecule has 0 aliphatic heterocycles. The van der Waals surface area contributed by atoms with Crippen LogP contribution in [-0.4, -0.2) is 29.5 Å². The number of methoxy groups -OCH3 is 1. The van der Waals surface area contributed by atoms with Crippen LogP contribution in [0.2, 0.25) is 0 Å². The maximum Gasteiger partial charge on any atom is 0.573 e. The second-order valence-electron chi connectivity index (χ2n) is 2.97. The van der Waals surface area contributed by atoms with Gasteiger partial charge in [-0.25, -0.2) is 9.78 Å². The monoisotopic (exact) mass is 285 g/mol. The van der Waals surface area contributed by atoms with E-state index in [4.69, 9.17) is 11.6 Å². The van der Waals surface area contributed by atoms with Gasteiger partial charge in [0.2, 0.25) is 0 Å². The number of nitrogens with zero attached hydrogens (tertiary/aromatic N) is 1. The summed E-state index contributed by atoms with van der Waals surface area (Å²) in [7, 11) is 1.03. The highest BCUT2D eigenvalue weighted by molar-refractivity contribution is 6.18. The molecule has 0 aliphatic rings. The van der Waals surface area contributed by atoms with Gasteiger partial charge < -0.3 is 14.6 Å². The molecule has 1 rings (SSSR count). The zero-order valence-corrected chi connectivity index (χ0v) is 9.67. The third kappa shape index (κ3) is 3.16. The minimum Gasteiger partial charge on any atom is -0.503 e. The molecule has 18 heavy (non-hydrogen) atoms. The molecule has 1 aromatic heterocycles. The van der Waals surface area contributed by atoms with E-state index in [0.29, 0.717) is 6.20 Å². The number of hydrogen-bond donors (Lipinski definition) is 1. The first-order chi connectivity index (χ1) is 8.30. The SMILES string of the molecule is COC(=O)c1ncc(O)c(OC(F)(F)F)c1CCl. The number of halogens is 4. The lowest BCUT2D eigenvalue weighted by Gasteiger charge is -2.14. The van der Waals surface area contributed by atoms with Crippen LogP contribution in [0.15, 0.2) is 6.20 Å². The van der Waals surface area contributed by atoms with Gasteiger partial charge in [0.05, 0.1) is 19.2 Å². The molecule has 0 saturated carbocycles. The van der Waals surface area contributed by atoms with E-state index in [0.717, 1.165) is 7.11 Å². The summed E-state index contributed by atoms with van der Waals surface area (Å²) >= 11 is 5.43. The zero-order valence-electron chi connectivity index (χ0n) is 8.92. The first-order valence-electron chi connectivity index (χ1n) is 4.41. The Morgan fingerprint density at radius 2 is 2.17 bits per heavy atom. The summed E-state index contributed by atoms with van der Waals surface area (Å²) < 4.78 is 44.4. The quantitative estimate of drug-likeness (QED) is 0.681. The van der Waals surface area contributed by atoms with Gasteiger partial charge in [-0.3, -0.25) is 0 Å². The molecule has 0 radical (unpaired) electrons. The van der Waals surface area contributed by atoms with Gasteiger partial charge in [0.1, 0.15) is 0 Å². The molecule has 0 fully saturated rings. The number of esters is 1. The Bertz CT molecular complexity index is 464. The Labute approximate surface area is 104 Å². The molecule has 0 amide bonds. The minimum absolute atomic E-state index is 0.402. The summed E-state index contributed by atoms with van der Waals surface area (Å²) in [6.45, 7) is 0. The Hall–Kier alpha value is -1.70. The molecule has 5 nitrogen and oxygen atoms in total. The summed E-state index contributed by atoms with van der Waals surface area (Å²) in [4.78, 5) is 14.7. The fraction of sp³-hybridized carbons (Fsp3) is 0.333. The fourth-order valence-electron chi connectivity index (χ4n) is 1.15. The van der Waals surface area contributed by atoms with Crippen molar-refractivity contribution in [2.24, 2.45) is 0 Å². The van der Waals surface area contributed by atoms with Crippen LogP contribution in [0.4, 0.5) is 13.2 Å². The van der Waals surface area contributed by atoms with E-state index in [9.17, 15) is 23.1 Å². The summed E-state index contributed by atoms with van der Waals surface area (Å²) in [6.07, 6.45) is -4.39. The molecule has 0 spiro atoms. The topological polar surface area (TPSA) is 68.7 Å². The van der Waals surface area contributed by atoms with Crippen LogP contribution in [0.5, 0.6) is 11.5 Å². The van der Waals surface area contributed by atoms with Crippen molar-refractivity contribution in [1.29, 1.82) is 0 Å². The van der Waals surface area contributed by atoms with Crippen molar-refractivity contribution >= 4 is 17.6 Å². The van der Waals surface area contributed by atoms with Crippen LogP contribution in [-0.2, 0) is 10.6 Å². The number of ether oxygens (including phenoxy) is 2. The van der Waals surface area contributed by atoms with E-state index >= 15 is 0 Å². The van der Waals surface area contributed by atoms with Gasteiger partial charge in [-0.15, -0.1) is 24.8 Å². The van der Waals surface area contributed by atoms with Crippen molar-refractivity contribution < 1.29 is 32.5 Å². The molecule has 0 saturated heterocycles. The highest BCUT2D eigenvalue weighted by atomic mass is 35.5. The van der Waals surface area contributed by atoms with E-state index in [-0.39, 0.29) is 0 Å². The van der Waals surface area contributed by atoms with Crippen molar-refractivity contribution in [2.75, 3.05) is 7.11 Å². The third-order valence-corrected chi connectivity index (χ3v) is 2.11. The largest absolute Gasteiger partial charge is 0.573 e. The summed E-state index contributed by atoms with van der Waals surface area (Å²) in [5.41, 5.74) is -0.856. The van der Waals surface area contributed by atoms with Crippen LogP contribution in [0.3, 0.4) is 0 Å². The van der Waals surface area contributed by atoms with Crippen LogP contribution in [0.1, 0.15) is 16.1 Å². The minimum atomic E-state index is -5.03. The van der Waals surface area contributed by atoms with Gasteiger partial charge in [0.25, 0.3) is 0 Å². The number of hydrogen-bond acceptors (Lipinski definition) is 5. The van der Waals surface area contributed by atoms with Crippen molar-refractivity contribution in [3.63, 3.8) is 0 Å². The maximum absolute atomic E-state index is 12.1. The normalized spacial score (nSPS) is 11.2. The third-order valence-electron chi connectivity index (χ3n) is 1.84. The van der Waals surface area contributed by atoms with Crippen molar-refractivity contribution in [1.82, 2.24) is 4.98 Å². The van der Waals surface area contributed by atoms with E-state index in [1.807, 2.05) is 0 Å². The molecule has 0 bridgehead atoms. The van der Waals surface area contributed by atoms with Gasteiger partial charge in [-0.1, -0.05) is 0 Å². The summed E-state index contributed by atoms with van der Waals surface area (Å²) in [5.74, 6) is -3.35. The number of alkyl halides is 4. The lowest BCUT2D eigenvalue weighted by atomic mass is 10.2. The van der Waals surface area contributed by atoms with Crippen molar-refractivity contribution in [3.8, 4) is 11.5 Å². The number of carbonyl (C=O) groups excluding carboxylic acids is 1. The Morgan fingerprint density at radius 3 is 2.61 bits per heavy atom. The average Bonchev–Trinajstić information content (AvgIpc) is 2.29. The van der Waals surface area contributed by atoms with Crippen LogP contribution in [0.25, 0.3) is 0 Å². The second-order valence-corrected chi connectivity index (χ2v) is 3.24. The first kappa shape index (κ1) is 14.4.